The van der Waals surface area contributed by atoms with Gasteiger partial charge in [-0.2, -0.15) is 0 Å². The molecule has 2 aromatic carbocycles. The number of fused-ring (bicyclic) bond motifs is 1. The number of halogens is 1. The minimum Gasteiger partial charge on any atom is -0.487 e. The van der Waals surface area contributed by atoms with E-state index in [1.165, 1.54) is 12.1 Å². The average Bonchev–Trinajstić information content (AvgIpc) is 2.49. The second kappa shape index (κ2) is 6.15. The molecule has 0 fully saturated rings. The molecule has 2 aromatic rings. The Morgan fingerprint density at radius 1 is 1.29 bits per heavy atom. The first-order valence-corrected chi connectivity index (χ1v) is 7.95. The molecular formula is C19H21FN2O2. The fourth-order valence-corrected chi connectivity index (χ4v) is 3.03. The predicted molar refractivity (Wildman–Crippen MR) is 91.2 cm³/mol. The molecule has 0 spiro atoms. The van der Waals surface area contributed by atoms with Gasteiger partial charge in [-0.15, -0.1) is 0 Å². The van der Waals surface area contributed by atoms with Crippen molar-refractivity contribution in [1.82, 2.24) is 5.32 Å². The third kappa shape index (κ3) is 3.67. The number of benzene rings is 2. The minimum atomic E-state index is -0.378. The van der Waals surface area contributed by atoms with Crippen LogP contribution in [-0.2, 0) is 11.2 Å². The molecule has 3 rings (SSSR count). The van der Waals surface area contributed by atoms with Crippen LogP contribution in [0.2, 0.25) is 0 Å². The minimum absolute atomic E-state index is 0.113. The Hall–Kier alpha value is -2.56. The Kier molecular flexibility index (Phi) is 4.18. The summed E-state index contributed by atoms with van der Waals surface area (Å²) in [5.74, 6) is 0.319. The highest BCUT2D eigenvalue weighted by Crippen LogP contribution is 2.40. The number of nitrogens with one attached hydrogen (secondary N) is 1. The van der Waals surface area contributed by atoms with Crippen molar-refractivity contribution >= 4 is 11.6 Å². The first kappa shape index (κ1) is 16.3. The molecule has 1 aliphatic heterocycles. The van der Waals surface area contributed by atoms with Gasteiger partial charge in [-0.25, -0.2) is 4.39 Å². The topological polar surface area (TPSA) is 64.4 Å². The van der Waals surface area contributed by atoms with E-state index in [-0.39, 0.29) is 29.8 Å². The zero-order chi connectivity index (χ0) is 17.3. The van der Waals surface area contributed by atoms with Crippen LogP contribution in [0.1, 0.15) is 37.4 Å². The first-order valence-electron chi connectivity index (χ1n) is 7.95. The number of nitrogens with two attached hydrogens (primary N) is 1. The van der Waals surface area contributed by atoms with Crippen LogP contribution in [0.5, 0.6) is 5.75 Å². The van der Waals surface area contributed by atoms with Crippen molar-refractivity contribution in [2.75, 3.05) is 5.73 Å². The van der Waals surface area contributed by atoms with E-state index in [4.69, 9.17) is 10.5 Å². The van der Waals surface area contributed by atoms with E-state index in [0.29, 0.717) is 12.1 Å². The molecule has 1 aliphatic rings. The Balaban J connectivity index is 1.77. The zero-order valence-electron chi connectivity index (χ0n) is 13.8. The molecule has 0 bridgehead atoms. The third-order valence-corrected chi connectivity index (χ3v) is 4.10. The number of amides is 1. The second-order valence-electron chi connectivity index (χ2n) is 6.79. The summed E-state index contributed by atoms with van der Waals surface area (Å²) in [6.45, 7) is 3.98. The van der Waals surface area contributed by atoms with Crippen LogP contribution in [0.25, 0.3) is 0 Å². The first-order chi connectivity index (χ1) is 11.3. The molecule has 5 heteroatoms. The molecule has 1 atom stereocenters. The number of anilines is 1. The van der Waals surface area contributed by atoms with Gasteiger partial charge in [-0.1, -0.05) is 12.1 Å². The molecule has 0 aromatic heterocycles. The lowest BCUT2D eigenvalue weighted by atomic mass is 9.89. The molecule has 3 N–H and O–H groups in total. The van der Waals surface area contributed by atoms with Gasteiger partial charge in [0.05, 0.1) is 12.5 Å². The van der Waals surface area contributed by atoms with E-state index in [9.17, 15) is 9.18 Å². The van der Waals surface area contributed by atoms with Crippen LogP contribution in [-0.4, -0.2) is 11.5 Å². The number of hydrogen-bond acceptors (Lipinski definition) is 3. The number of hydrogen-bond donors (Lipinski definition) is 2. The normalized spacial score (nSPS) is 18.4. The van der Waals surface area contributed by atoms with Crippen LogP contribution in [0.4, 0.5) is 10.1 Å². The van der Waals surface area contributed by atoms with Crippen molar-refractivity contribution in [3.63, 3.8) is 0 Å². The summed E-state index contributed by atoms with van der Waals surface area (Å²) in [5, 5.41) is 3.05. The second-order valence-corrected chi connectivity index (χ2v) is 6.79. The fraction of sp³-hybridized carbons (Fsp3) is 0.316. The Labute approximate surface area is 140 Å². The summed E-state index contributed by atoms with van der Waals surface area (Å²) < 4.78 is 18.9. The lowest BCUT2D eigenvalue weighted by Gasteiger charge is -2.38. The standard InChI is InChI=1S/C19H21FN2O2/c1-19(2)11-16(15-10-14(21)7-8-17(15)24-19)22-18(23)9-12-3-5-13(20)6-4-12/h3-8,10,16H,9,11,21H2,1-2H3,(H,22,23). The number of nitrogen functional groups attached to an aromatic ring is 1. The van der Waals surface area contributed by atoms with Crippen molar-refractivity contribution in [3.05, 3.63) is 59.4 Å². The molecular weight excluding hydrogens is 307 g/mol. The van der Waals surface area contributed by atoms with E-state index in [1.807, 2.05) is 26.0 Å². The molecule has 1 amide bonds. The molecule has 0 aliphatic carbocycles. The largest absolute Gasteiger partial charge is 0.487 e. The van der Waals surface area contributed by atoms with Gasteiger partial charge in [0.2, 0.25) is 5.91 Å². The van der Waals surface area contributed by atoms with Crippen molar-refractivity contribution < 1.29 is 13.9 Å². The van der Waals surface area contributed by atoms with E-state index in [0.717, 1.165) is 16.9 Å². The maximum absolute atomic E-state index is 13.0. The fourth-order valence-electron chi connectivity index (χ4n) is 3.03. The summed E-state index contributed by atoms with van der Waals surface area (Å²) in [6, 6.07) is 11.3. The highest BCUT2D eigenvalue weighted by atomic mass is 19.1. The average molecular weight is 328 g/mol. The van der Waals surface area contributed by atoms with Gasteiger partial charge >= 0.3 is 0 Å². The van der Waals surface area contributed by atoms with Crippen LogP contribution in [0.3, 0.4) is 0 Å². The molecule has 0 saturated carbocycles. The molecule has 24 heavy (non-hydrogen) atoms. The van der Waals surface area contributed by atoms with Gasteiger partial charge in [0.15, 0.2) is 0 Å². The van der Waals surface area contributed by atoms with Crippen molar-refractivity contribution in [2.24, 2.45) is 0 Å². The predicted octanol–water partition coefficient (Wildman–Crippen LogP) is 3.37. The van der Waals surface area contributed by atoms with Crippen LogP contribution in [0.15, 0.2) is 42.5 Å². The van der Waals surface area contributed by atoms with Gasteiger partial charge in [-0.05, 0) is 49.7 Å². The SMILES string of the molecule is CC1(C)CC(NC(=O)Cc2ccc(F)cc2)c2cc(N)ccc2O1. The van der Waals surface area contributed by atoms with E-state index in [1.54, 1.807) is 18.2 Å². The summed E-state index contributed by atoms with van der Waals surface area (Å²) in [4.78, 5) is 12.4. The van der Waals surface area contributed by atoms with E-state index in [2.05, 4.69) is 5.32 Å². The molecule has 0 saturated heterocycles. The van der Waals surface area contributed by atoms with Crippen LogP contribution in [0, 0.1) is 5.82 Å². The lowest BCUT2D eigenvalue weighted by Crippen LogP contribution is -2.41. The van der Waals surface area contributed by atoms with E-state index >= 15 is 0 Å². The Morgan fingerprint density at radius 2 is 2.00 bits per heavy atom. The van der Waals surface area contributed by atoms with Gasteiger partial charge in [0.25, 0.3) is 0 Å². The summed E-state index contributed by atoms with van der Waals surface area (Å²) in [6.07, 6.45) is 0.855. The van der Waals surface area contributed by atoms with Crippen molar-refractivity contribution in [3.8, 4) is 5.75 Å². The monoisotopic (exact) mass is 328 g/mol. The quantitative estimate of drug-likeness (QED) is 0.849. The van der Waals surface area contributed by atoms with E-state index < -0.39 is 0 Å². The summed E-state index contributed by atoms with van der Waals surface area (Å²) in [5.41, 5.74) is 7.79. The molecule has 126 valence electrons. The van der Waals surface area contributed by atoms with Crippen molar-refractivity contribution in [2.45, 2.75) is 38.3 Å². The number of rotatable bonds is 3. The molecule has 0 radical (unpaired) electrons. The highest BCUT2D eigenvalue weighted by Gasteiger charge is 2.34. The number of carbonyl (C=O) groups is 1. The smallest absolute Gasteiger partial charge is 0.224 e. The van der Waals surface area contributed by atoms with Gasteiger partial charge in [-0.3, -0.25) is 4.79 Å². The van der Waals surface area contributed by atoms with Gasteiger partial charge in [0, 0.05) is 17.7 Å². The third-order valence-electron chi connectivity index (χ3n) is 4.10. The molecule has 1 heterocycles. The summed E-state index contributed by atoms with van der Waals surface area (Å²) in [7, 11) is 0. The molecule has 4 nitrogen and oxygen atoms in total. The van der Waals surface area contributed by atoms with Crippen LogP contribution < -0.4 is 15.8 Å². The van der Waals surface area contributed by atoms with Crippen molar-refractivity contribution in [1.29, 1.82) is 0 Å². The number of carbonyl (C=O) groups excluding carboxylic acids is 1. The maximum atomic E-state index is 13.0. The Morgan fingerprint density at radius 3 is 2.71 bits per heavy atom. The highest BCUT2D eigenvalue weighted by molar-refractivity contribution is 5.79. The lowest BCUT2D eigenvalue weighted by molar-refractivity contribution is -0.121. The van der Waals surface area contributed by atoms with Gasteiger partial charge < -0.3 is 15.8 Å². The number of ether oxygens (including phenoxy) is 1. The van der Waals surface area contributed by atoms with Crippen LogP contribution >= 0.6 is 0 Å². The maximum Gasteiger partial charge on any atom is 0.224 e. The molecule has 1 unspecified atom stereocenters. The Bertz CT molecular complexity index is 756. The van der Waals surface area contributed by atoms with Gasteiger partial charge in [0.1, 0.15) is 17.2 Å². The zero-order valence-corrected chi connectivity index (χ0v) is 13.8. The summed E-state index contributed by atoms with van der Waals surface area (Å²) >= 11 is 0.